The SMILES string of the molecule is CC1=C(c2cccc(C(C)c3cc(N)n[nH]3)c2)C=CC(F)N1. The third-order valence-corrected chi connectivity index (χ3v) is 3.97. The van der Waals surface area contributed by atoms with E-state index in [4.69, 9.17) is 5.73 Å². The number of nitrogens with zero attached hydrogens (tertiary/aromatic N) is 1. The molecule has 1 aliphatic heterocycles. The first-order valence-electron chi connectivity index (χ1n) is 7.25. The van der Waals surface area contributed by atoms with Crippen LogP contribution >= 0.6 is 0 Å². The molecule has 0 saturated carbocycles. The molecule has 2 atom stereocenters. The van der Waals surface area contributed by atoms with Gasteiger partial charge in [-0.05, 0) is 24.1 Å². The number of nitrogens with two attached hydrogens (primary N) is 1. The van der Waals surface area contributed by atoms with Crippen molar-refractivity contribution in [3.8, 4) is 0 Å². The van der Waals surface area contributed by atoms with Gasteiger partial charge in [0.2, 0.25) is 0 Å². The van der Waals surface area contributed by atoms with Gasteiger partial charge in [0.1, 0.15) is 5.82 Å². The number of aromatic nitrogens is 2. The van der Waals surface area contributed by atoms with Crippen LogP contribution < -0.4 is 11.1 Å². The van der Waals surface area contributed by atoms with Gasteiger partial charge in [0.05, 0.1) is 0 Å². The number of H-pyrrole nitrogens is 1. The molecule has 0 amide bonds. The van der Waals surface area contributed by atoms with Gasteiger partial charge in [-0.1, -0.05) is 37.3 Å². The van der Waals surface area contributed by atoms with Crippen molar-refractivity contribution in [1.82, 2.24) is 15.5 Å². The first kappa shape index (κ1) is 14.4. The van der Waals surface area contributed by atoms with Crippen LogP contribution in [0.25, 0.3) is 5.57 Å². The highest BCUT2D eigenvalue weighted by atomic mass is 19.1. The van der Waals surface area contributed by atoms with E-state index in [1.165, 1.54) is 6.08 Å². The van der Waals surface area contributed by atoms with Crippen LogP contribution in [0.2, 0.25) is 0 Å². The maximum Gasteiger partial charge on any atom is 0.189 e. The van der Waals surface area contributed by atoms with Crippen molar-refractivity contribution in [1.29, 1.82) is 0 Å². The second-order valence-electron chi connectivity index (χ2n) is 5.54. The second kappa shape index (κ2) is 5.67. The predicted octanol–water partition coefficient (Wildman–Crippen LogP) is 3.33. The molecule has 1 aromatic carbocycles. The van der Waals surface area contributed by atoms with Gasteiger partial charge < -0.3 is 11.1 Å². The van der Waals surface area contributed by atoms with Gasteiger partial charge in [0, 0.05) is 28.9 Å². The monoisotopic (exact) mass is 298 g/mol. The van der Waals surface area contributed by atoms with Crippen LogP contribution in [0.5, 0.6) is 0 Å². The van der Waals surface area contributed by atoms with Gasteiger partial charge in [-0.15, -0.1) is 0 Å². The number of hydrogen-bond donors (Lipinski definition) is 3. The van der Waals surface area contributed by atoms with Crippen LogP contribution in [0.15, 0.2) is 48.2 Å². The standard InChI is InChI=1S/C17H19FN4/c1-10(15-9-17(19)22-21-15)12-4-3-5-13(8-12)14-6-7-16(18)20-11(14)2/h3-10,16,20H,1-2H3,(H3,19,21,22). The molecule has 0 saturated heterocycles. The molecule has 0 spiro atoms. The molecule has 1 aromatic heterocycles. The zero-order valence-corrected chi connectivity index (χ0v) is 12.6. The van der Waals surface area contributed by atoms with E-state index in [-0.39, 0.29) is 5.92 Å². The Kier molecular flexibility index (Phi) is 3.71. The van der Waals surface area contributed by atoms with Crippen LogP contribution in [0.4, 0.5) is 10.2 Å². The maximum atomic E-state index is 13.3. The summed E-state index contributed by atoms with van der Waals surface area (Å²) in [4.78, 5) is 0. The Hall–Kier alpha value is -2.56. The highest BCUT2D eigenvalue weighted by Crippen LogP contribution is 2.28. The van der Waals surface area contributed by atoms with E-state index in [1.807, 2.05) is 31.2 Å². The van der Waals surface area contributed by atoms with Crippen molar-refractivity contribution < 1.29 is 4.39 Å². The third kappa shape index (κ3) is 2.74. The average molecular weight is 298 g/mol. The summed E-state index contributed by atoms with van der Waals surface area (Å²) in [6, 6.07) is 10.1. The Morgan fingerprint density at radius 1 is 1.32 bits per heavy atom. The molecule has 3 rings (SSSR count). The van der Waals surface area contributed by atoms with Gasteiger partial charge in [-0.2, -0.15) is 5.10 Å². The zero-order valence-electron chi connectivity index (χ0n) is 12.6. The molecular weight excluding hydrogens is 279 g/mol. The number of dihydropyridines is 1. The molecule has 5 heteroatoms. The molecule has 0 radical (unpaired) electrons. The first-order chi connectivity index (χ1) is 10.5. The number of benzene rings is 1. The topological polar surface area (TPSA) is 66.7 Å². The highest BCUT2D eigenvalue weighted by Gasteiger charge is 2.15. The van der Waals surface area contributed by atoms with Crippen molar-refractivity contribution >= 4 is 11.4 Å². The number of hydrogen-bond acceptors (Lipinski definition) is 3. The summed E-state index contributed by atoms with van der Waals surface area (Å²) in [5, 5.41) is 9.74. The molecule has 22 heavy (non-hydrogen) atoms. The summed E-state index contributed by atoms with van der Waals surface area (Å²) >= 11 is 0. The minimum Gasteiger partial charge on any atom is -0.382 e. The number of nitrogens with one attached hydrogen (secondary N) is 2. The van der Waals surface area contributed by atoms with Gasteiger partial charge in [-0.3, -0.25) is 5.10 Å². The average Bonchev–Trinajstić information content (AvgIpc) is 2.93. The van der Waals surface area contributed by atoms with Crippen LogP contribution in [-0.2, 0) is 0 Å². The molecule has 2 heterocycles. The van der Waals surface area contributed by atoms with Gasteiger partial charge in [0.25, 0.3) is 0 Å². The normalized spacial score (nSPS) is 19.1. The van der Waals surface area contributed by atoms with Gasteiger partial charge in [0.15, 0.2) is 6.30 Å². The lowest BCUT2D eigenvalue weighted by atomic mass is 9.93. The predicted molar refractivity (Wildman–Crippen MR) is 86.7 cm³/mol. The summed E-state index contributed by atoms with van der Waals surface area (Å²) in [6.07, 6.45) is 2.24. The van der Waals surface area contributed by atoms with Gasteiger partial charge in [-0.25, -0.2) is 4.39 Å². The lowest BCUT2D eigenvalue weighted by Crippen LogP contribution is -2.24. The molecule has 4 N–H and O–H groups in total. The van der Waals surface area contributed by atoms with E-state index in [1.54, 1.807) is 0 Å². The van der Waals surface area contributed by atoms with Crippen molar-refractivity contribution in [3.63, 3.8) is 0 Å². The van der Waals surface area contributed by atoms with E-state index < -0.39 is 6.30 Å². The minimum atomic E-state index is -1.11. The molecular formula is C17H19FN4. The Balaban J connectivity index is 1.93. The number of alkyl halides is 1. The molecule has 2 aromatic rings. The molecule has 114 valence electrons. The Bertz CT molecular complexity index is 745. The zero-order chi connectivity index (χ0) is 15.7. The fourth-order valence-electron chi connectivity index (χ4n) is 2.68. The lowest BCUT2D eigenvalue weighted by Gasteiger charge is -2.19. The van der Waals surface area contributed by atoms with E-state index >= 15 is 0 Å². The van der Waals surface area contributed by atoms with E-state index in [0.29, 0.717) is 5.82 Å². The summed E-state index contributed by atoms with van der Waals surface area (Å²) in [6.45, 7) is 3.98. The Morgan fingerprint density at radius 3 is 2.82 bits per heavy atom. The molecule has 1 aliphatic rings. The minimum absolute atomic E-state index is 0.153. The first-order valence-corrected chi connectivity index (χ1v) is 7.25. The fourth-order valence-corrected chi connectivity index (χ4v) is 2.68. The van der Waals surface area contributed by atoms with Crippen molar-refractivity contribution in [2.75, 3.05) is 5.73 Å². The Labute approximate surface area is 128 Å². The van der Waals surface area contributed by atoms with Crippen molar-refractivity contribution in [3.05, 3.63) is 65.0 Å². The third-order valence-electron chi connectivity index (χ3n) is 3.97. The quantitative estimate of drug-likeness (QED) is 0.761. The highest BCUT2D eigenvalue weighted by molar-refractivity contribution is 5.77. The molecule has 0 fully saturated rings. The number of rotatable bonds is 3. The largest absolute Gasteiger partial charge is 0.382 e. The lowest BCUT2D eigenvalue weighted by molar-refractivity contribution is 0.356. The Morgan fingerprint density at radius 2 is 2.14 bits per heavy atom. The summed E-state index contributed by atoms with van der Waals surface area (Å²) < 4.78 is 13.3. The number of aromatic amines is 1. The molecule has 0 bridgehead atoms. The van der Waals surface area contributed by atoms with Crippen LogP contribution in [0.3, 0.4) is 0 Å². The van der Waals surface area contributed by atoms with Crippen LogP contribution in [0.1, 0.15) is 36.6 Å². The van der Waals surface area contributed by atoms with E-state index in [0.717, 1.165) is 28.1 Å². The fraction of sp³-hybridized carbons (Fsp3) is 0.235. The summed E-state index contributed by atoms with van der Waals surface area (Å²) in [5.74, 6) is 0.644. The second-order valence-corrected chi connectivity index (χ2v) is 5.54. The summed E-state index contributed by atoms with van der Waals surface area (Å²) in [5.41, 5.74) is 10.7. The molecule has 4 nitrogen and oxygen atoms in total. The number of nitrogen functional groups attached to an aromatic ring is 1. The number of halogens is 1. The van der Waals surface area contributed by atoms with E-state index in [9.17, 15) is 4.39 Å². The van der Waals surface area contributed by atoms with Crippen molar-refractivity contribution in [2.45, 2.75) is 26.1 Å². The smallest absolute Gasteiger partial charge is 0.189 e. The van der Waals surface area contributed by atoms with E-state index in [2.05, 4.69) is 34.6 Å². The van der Waals surface area contributed by atoms with Crippen LogP contribution in [0, 0.1) is 0 Å². The summed E-state index contributed by atoms with van der Waals surface area (Å²) in [7, 11) is 0. The molecule has 2 unspecified atom stereocenters. The van der Waals surface area contributed by atoms with Gasteiger partial charge >= 0.3 is 0 Å². The van der Waals surface area contributed by atoms with Crippen LogP contribution in [-0.4, -0.2) is 16.5 Å². The number of allylic oxidation sites excluding steroid dienone is 3. The van der Waals surface area contributed by atoms with Crippen molar-refractivity contribution in [2.24, 2.45) is 0 Å². The molecule has 0 aliphatic carbocycles. The maximum absolute atomic E-state index is 13.3. The number of anilines is 1.